The van der Waals surface area contributed by atoms with Gasteiger partial charge < -0.3 is 19.7 Å². The molecule has 0 aromatic heterocycles. The van der Waals surface area contributed by atoms with Gasteiger partial charge in [-0.05, 0) is 62.9 Å². The van der Waals surface area contributed by atoms with Gasteiger partial charge in [0.25, 0.3) is 0 Å². The van der Waals surface area contributed by atoms with E-state index in [1.54, 1.807) is 11.0 Å². The molecule has 7 heteroatoms. The zero-order valence-corrected chi connectivity index (χ0v) is 19.1. The van der Waals surface area contributed by atoms with Crippen LogP contribution in [0.4, 0.5) is 14.0 Å². The van der Waals surface area contributed by atoms with Gasteiger partial charge in [-0.1, -0.05) is 36.4 Å². The summed E-state index contributed by atoms with van der Waals surface area (Å²) in [5.41, 5.74) is 1.95. The number of amides is 2. The quantitative estimate of drug-likeness (QED) is 0.711. The number of hydrogen-bond acceptors (Lipinski definition) is 4. The summed E-state index contributed by atoms with van der Waals surface area (Å²) in [6.45, 7) is 8.26. The van der Waals surface area contributed by atoms with E-state index in [1.807, 2.05) is 58.0 Å². The van der Waals surface area contributed by atoms with Crippen molar-refractivity contribution in [3.63, 3.8) is 0 Å². The Kier molecular flexibility index (Phi) is 7.38. The van der Waals surface area contributed by atoms with Crippen LogP contribution in [0, 0.1) is 12.7 Å². The highest BCUT2D eigenvalue weighted by atomic mass is 19.1. The molecular formula is C25H31FN2O4. The second-order valence-electron chi connectivity index (χ2n) is 9.13. The normalized spacial score (nSPS) is 18.7. The second kappa shape index (κ2) is 10.0. The SMILES string of the molecule is Cc1cc(F)ccc1[C@@H]1CN(C(=O)OC(C)(C)C)CC[C@H]1NC(=O)OCc1ccccc1. The van der Waals surface area contributed by atoms with Gasteiger partial charge >= 0.3 is 12.2 Å². The van der Waals surface area contributed by atoms with E-state index in [2.05, 4.69) is 5.32 Å². The van der Waals surface area contributed by atoms with Crippen molar-refractivity contribution in [1.29, 1.82) is 0 Å². The highest BCUT2D eigenvalue weighted by Crippen LogP contribution is 2.31. The summed E-state index contributed by atoms with van der Waals surface area (Å²) >= 11 is 0. The fraction of sp³-hybridized carbons (Fsp3) is 0.440. The fourth-order valence-electron chi connectivity index (χ4n) is 3.90. The minimum atomic E-state index is -0.602. The lowest BCUT2D eigenvalue weighted by Crippen LogP contribution is -2.52. The summed E-state index contributed by atoms with van der Waals surface area (Å²) in [4.78, 5) is 26.8. The molecule has 0 spiro atoms. The summed E-state index contributed by atoms with van der Waals surface area (Å²) in [6, 6.07) is 13.8. The van der Waals surface area contributed by atoms with Gasteiger partial charge in [0.1, 0.15) is 18.0 Å². The average molecular weight is 443 g/mol. The highest BCUT2D eigenvalue weighted by Gasteiger charge is 2.36. The van der Waals surface area contributed by atoms with Gasteiger partial charge in [0.15, 0.2) is 0 Å². The summed E-state index contributed by atoms with van der Waals surface area (Å²) in [5, 5.41) is 2.95. The molecule has 2 atom stereocenters. The highest BCUT2D eigenvalue weighted by molar-refractivity contribution is 5.69. The van der Waals surface area contributed by atoms with Crippen LogP contribution in [0.3, 0.4) is 0 Å². The molecule has 3 rings (SSSR count). The van der Waals surface area contributed by atoms with Gasteiger partial charge in [-0.25, -0.2) is 14.0 Å². The fourth-order valence-corrected chi connectivity index (χ4v) is 3.90. The first-order valence-corrected chi connectivity index (χ1v) is 10.8. The Morgan fingerprint density at radius 3 is 2.53 bits per heavy atom. The van der Waals surface area contributed by atoms with Crippen LogP contribution < -0.4 is 5.32 Å². The van der Waals surface area contributed by atoms with Gasteiger partial charge in [-0.15, -0.1) is 0 Å². The van der Waals surface area contributed by atoms with E-state index in [0.717, 1.165) is 16.7 Å². The monoisotopic (exact) mass is 442 g/mol. The molecule has 1 N–H and O–H groups in total. The van der Waals surface area contributed by atoms with Crippen molar-refractivity contribution in [3.8, 4) is 0 Å². The van der Waals surface area contributed by atoms with Crippen molar-refractivity contribution in [2.24, 2.45) is 0 Å². The molecule has 0 bridgehead atoms. The van der Waals surface area contributed by atoms with Crippen molar-refractivity contribution < 1.29 is 23.5 Å². The zero-order chi connectivity index (χ0) is 23.3. The minimum absolute atomic E-state index is 0.170. The maximum atomic E-state index is 13.7. The Bertz CT molecular complexity index is 943. The number of nitrogens with zero attached hydrogens (tertiary/aromatic N) is 1. The topological polar surface area (TPSA) is 67.9 Å². The van der Waals surface area contributed by atoms with E-state index in [0.29, 0.717) is 19.5 Å². The van der Waals surface area contributed by atoms with E-state index in [1.165, 1.54) is 12.1 Å². The zero-order valence-electron chi connectivity index (χ0n) is 19.1. The van der Waals surface area contributed by atoms with Gasteiger partial charge in [-0.3, -0.25) is 0 Å². The summed E-state index contributed by atoms with van der Waals surface area (Å²) in [7, 11) is 0. The molecule has 0 aliphatic carbocycles. The van der Waals surface area contributed by atoms with Crippen LogP contribution in [0.15, 0.2) is 48.5 Å². The number of piperidine rings is 1. The Morgan fingerprint density at radius 1 is 1.16 bits per heavy atom. The van der Waals surface area contributed by atoms with Gasteiger partial charge in [0, 0.05) is 25.0 Å². The van der Waals surface area contributed by atoms with Crippen LogP contribution in [0.2, 0.25) is 0 Å². The predicted molar refractivity (Wildman–Crippen MR) is 120 cm³/mol. The lowest BCUT2D eigenvalue weighted by molar-refractivity contribution is 0.0175. The number of benzene rings is 2. The third kappa shape index (κ3) is 6.45. The number of ether oxygens (including phenoxy) is 2. The third-order valence-electron chi connectivity index (χ3n) is 5.41. The number of alkyl carbamates (subject to hydrolysis) is 1. The van der Waals surface area contributed by atoms with Crippen LogP contribution in [0.25, 0.3) is 0 Å². The summed E-state index contributed by atoms with van der Waals surface area (Å²) < 4.78 is 24.6. The summed E-state index contributed by atoms with van der Waals surface area (Å²) in [6.07, 6.45) is -0.386. The molecule has 2 amide bonds. The summed E-state index contributed by atoms with van der Waals surface area (Å²) in [5.74, 6) is -0.543. The molecule has 1 saturated heterocycles. The number of hydrogen-bond donors (Lipinski definition) is 1. The molecule has 2 aromatic rings. The third-order valence-corrected chi connectivity index (χ3v) is 5.41. The Balaban J connectivity index is 1.73. The Labute approximate surface area is 188 Å². The first-order valence-electron chi connectivity index (χ1n) is 10.8. The molecule has 0 saturated carbocycles. The van der Waals surface area contributed by atoms with Crippen LogP contribution in [-0.4, -0.2) is 41.8 Å². The molecule has 1 aliphatic rings. The van der Waals surface area contributed by atoms with E-state index < -0.39 is 17.8 Å². The van der Waals surface area contributed by atoms with Gasteiger partial charge in [0.2, 0.25) is 0 Å². The predicted octanol–water partition coefficient (Wildman–Crippen LogP) is 5.15. The molecule has 0 radical (unpaired) electrons. The Morgan fingerprint density at radius 2 is 1.88 bits per heavy atom. The lowest BCUT2D eigenvalue weighted by atomic mass is 9.84. The molecule has 2 aromatic carbocycles. The number of halogens is 1. The molecule has 0 unspecified atom stereocenters. The number of carbonyl (C=O) groups is 2. The lowest BCUT2D eigenvalue weighted by Gasteiger charge is -2.39. The first kappa shape index (κ1) is 23.6. The first-order chi connectivity index (χ1) is 15.1. The van der Waals surface area contributed by atoms with Crippen molar-refractivity contribution in [3.05, 3.63) is 71.0 Å². The molecule has 1 aliphatic heterocycles. The standard InChI is InChI=1S/C25H31FN2O4/c1-17-14-19(26)10-11-20(17)21-15-28(24(30)32-25(2,3)4)13-12-22(21)27-23(29)31-16-18-8-6-5-7-9-18/h5-11,14,21-22H,12-13,15-16H2,1-4H3,(H,27,29)/t21-,22+/m0/s1. The smallest absolute Gasteiger partial charge is 0.410 e. The molecular weight excluding hydrogens is 411 g/mol. The molecule has 6 nitrogen and oxygen atoms in total. The number of likely N-dealkylation sites (tertiary alicyclic amines) is 1. The number of rotatable bonds is 4. The maximum Gasteiger partial charge on any atom is 0.410 e. The van der Waals surface area contributed by atoms with E-state index in [9.17, 15) is 14.0 Å². The van der Waals surface area contributed by atoms with Crippen LogP contribution in [-0.2, 0) is 16.1 Å². The van der Waals surface area contributed by atoms with Gasteiger partial charge in [-0.2, -0.15) is 0 Å². The number of nitrogens with one attached hydrogen (secondary N) is 1. The largest absolute Gasteiger partial charge is 0.445 e. The number of carbonyl (C=O) groups excluding carboxylic acids is 2. The van der Waals surface area contributed by atoms with Crippen LogP contribution >= 0.6 is 0 Å². The van der Waals surface area contributed by atoms with Crippen molar-refractivity contribution in [2.45, 2.75) is 58.3 Å². The molecule has 32 heavy (non-hydrogen) atoms. The molecule has 1 fully saturated rings. The van der Waals surface area contributed by atoms with Crippen molar-refractivity contribution >= 4 is 12.2 Å². The average Bonchev–Trinajstić information content (AvgIpc) is 2.72. The van der Waals surface area contributed by atoms with Crippen LogP contribution in [0.1, 0.15) is 49.8 Å². The Hall–Kier alpha value is -3.09. The molecule has 172 valence electrons. The van der Waals surface area contributed by atoms with E-state index in [4.69, 9.17) is 9.47 Å². The second-order valence-corrected chi connectivity index (χ2v) is 9.13. The number of aryl methyl sites for hydroxylation is 1. The van der Waals surface area contributed by atoms with E-state index >= 15 is 0 Å². The van der Waals surface area contributed by atoms with Crippen LogP contribution in [0.5, 0.6) is 0 Å². The van der Waals surface area contributed by atoms with Gasteiger partial charge in [0.05, 0.1) is 0 Å². The maximum absolute atomic E-state index is 13.7. The molecule has 1 heterocycles. The van der Waals surface area contributed by atoms with Crippen molar-refractivity contribution in [2.75, 3.05) is 13.1 Å². The van der Waals surface area contributed by atoms with E-state index in [-0.39, 0.29) is 24.4 Å². The minimum Gasteiger partial charge on any atom is -0.445 e. The van der Waals surface area contributed by atoms with Crippen molar-refractivity contribution in [1.82, 2.24) is 10.2 Å².